The number of ketones is 1. The normalized spacial score (nSPS) is 20.4. The summed E-state index contributed by atoms with van der Waals surface area (Å²) in [6.45, 7) is 4.30. The van der Waals surface area contributed by atoms with Crippen molar-refractivity contribution in [1.29, 1.82) is 5.26 Å². The van der Waals surface area contributed by atoms with Crippen molar-refractivity contribution in [3.63, 3.8) is 0 Å². The molecule has 1 heterocycles. The van der Waals surface area contributed by atoms with Crippen LogP contribution in [0.3, 0.4) is 0 Å². The summed E-state index contributed by atoms with van der Waals surface area (Å²) < 4.78 is 12.0. The number of rotatable bonds is 5. The van der Waals surface area contributed by atoms with Crippen LogP contribution in [0.25, 0.3) is 0 Å². The zero-order chi connectivity index (χ0) is 22.8. The smallest absolute Gasteiger partial charge is 0.175 e. The van der Waals surface area contributed by atoms with Crippen molar-refractivity contribution in [2.45, 2.75) is 38.5 Å². The summed E-state index contributed by atoms with van der Waals surface area (Å²) in [6, 6.07) is 16.3. The Labute approximate surface area is 196 Å². The molecule has 0 spiro atoms. The quantitative estimate of drug-likeness (QED) is 0.575. The first-order chi connectivity index (χ1) is 15.5. The van der Waals surface area contributed by atoms with Crippen LogP contribution >= 0.6 is 15.9 Å². The van der Waals surface area contributed by atoms with Gasteiger partial charge in [0.25, 0.3) is 0 Å². The lowest BCUT2D eigenvalue weighted by molar-refractivity contribution is -0.116. The summed E-state index contributed by atoms with van der Waals surface area (Å²) in [5.74, 6) is 0.925. The van der Waals surface area contributed by atoms with Crippen LogP contribution < -0.4 is 14.8 Å². The van der Waals surface area contributed by atoms with Crippen LogP contribution in [-0.2, 0) is 4.79 Å². The van der Waals surface area contributed by atoms with Gasteiger partial charge in [-0.3, -0.25) is 4.79 Å². The summed E-state index contributed by atoms with van der Waals surface area (Å²) in [6.07, 6.45) is 1.15. The molecule has 0 radical (unpaired) electrons. The third kappa shape index (κ3) is 3.93. The summed E-state index contributed by atoms with van der Waals surface area (Å²) >= 11 is 3.59. The van der Waals surface area contributed by atoms with Crippen LogP contribution in [0.5, 0.6) is 11.5 Å². The van der Waals surface area contributed by atoms with E-state index in [0.29, 0.717) is 35.7 Å². The van der Waals surface area contributed by atoms with Gasteiger partial charge < -0.3 is 14.8 Å². The van der Waals surface area contributed by atoms with Crippen molar-refractivity contribution in [2.24, 2.45) is 0 Å². The number of benzene rings is 2. The van der Waals surface area contributed by atoms with E-state index in [1.54, 1.807) is 7.11 Å². The number of dihydropyridines is 1. The molecule has 5 nitrogen and oxygen atoms in total. The fourth-order valence-corrected chi connectivity index (χ4v) is 5.25. The maximum absolute atomic E-state index is 13.5. The molecule has 6 heteroatoms. The van der Waals surface area contributed by atoms with Crippen LogP contribution in [0, 0.1) is 11.3 Å². The molecule has 1 aliphatic carbocycles. The molecule has 2 unspecified atom stereocenters. The third-order valence-corrected chi connectivity index (χ3v) is 6.68. The van der Waals surface area contributed by atoms with Gasteiger partial charge in [-0.2, -0.15) is 5.26 Å². The topological polar surface area (TPSA) is 71.3 Å². The Hall–Kier alpha value is -3.04. The van der Waals surface area contributed by atoms with Crippen molar-refractivity contribution in [2.75, 3.05) is 13.7 Å². The van der Waals surface area contributed by atoms with E-state index in [-0.39, 0.29) is 11.7 Å². The number of carbonyl (C=O) groups is 1. The molecule has 164 valence electrons. The molecular weight excluding hydrogens is 468 g/mol. The average molecular weight is 493 g/mol. The SMILES string of the molecule is CCOc1c(Br)cc(C2C(C#N)=C(C)NC3=C2C(=O)CC(c2ccccc2)C3)cc1OC. The second-order valence-corrected chi connectivity index (χ2v) is 8.86. The van der Waals surface area contributed by atoms with Gasteiger partial charge in [0.15, 0.2) is 17.3 Å². The highest BCUT2D eigenvalue weighted by atomic mass is 79.9. The molecular formula is C26H25BrN2O3. The molecule has 0 aromatic heterocycles. The van der Waals surface area contributed by atoms with Gasteiger partial charge in [-0.25, -0.2) is 0 Å². The van der Waals surface area contributed by atoms with E-state index in [9.17, 15) is 10.1 Å². The second kappa shape index (κ2) is 9.22. The van der Waals surface area contributed by atoms with Gasteiger partial charge in [0, 0.05) is 23.4 Å². The minimum Gasteiger partial charge on any atom is -0.493 e. The molecule has 0 bridgehead atoms. The number of nitrogens with zero attached hydrogens (tertiary/aromatic N) is 1. The van der Waals surface area contributed by atoms with E-state index in [1.807, 2.05) is 44.2 Å². The molecule has 1 aliphatic heterocycles. The first kappa shape index (κ1) is 22.2. The highest BCUT2D eigenvalue weighted by Gasteiger charge is 2.39. The fraction of sp³-hybridized carbons (Fsp3) is 0.308. The molecule has 0 saturated carbocycles. The monoisotopic (exact) mass is 492 g/mol. The standard InChI is InChI=1S/C26H25BrN2O3/c1-4-32-26-20(27)10-18(13-23(26)31-3)24-19(14-28)15(2)29-21-11-17(12-22(30)25(21)24)16-8-6-5-7-9-16/h5-10,13,17,24,29H,4,11-12H2,1-3H3. The van der Waals surface area contributed by atoms with Crippen LogP contribution in [0.4, 0.5) is 0 Å². The maximum atomic E-state index is 13.5. The number of methoxy groups -OCH3 is 1. The average Bonchev–Trinajstić information content (AvgIpc) is 2.79. The van der Waals surface area contributed by atoms with E-state index >= 15 is 0 Å². The van der Waals surface area contributed by atoms with Gasteiger partial charge in [-0.05, 0) is 65.4 Å². The molecule has 2 aromatic rings. The van der Waals surface area contributed by atoms with Crippen LogP contribution in [0.2, 0.25) is 0 Å². The summed E-state index contributed by atoms with van der Waals surface area (Å²) in [5, 5.41) is 13.4. The Morgan fingerprint density at radius 1 is 1.19 bits per heavy atom. The maximum Gasteiger partial charge on any atom is 0.175 e. The van der Waals surface area contributed by atoms with E-state index in [4.69, 9.17) is 9.47 Å². The van der Waals surface area contributed by atoms with Gasteiger partial charge in [0.1, 0.15) is 0 Å². The van der Waals surface area contributed by atoms with Gasteiger partial charge in [0.05, 0.1) is 35.7 Å². The molecule has 32 heavy (non-hydrogen) atoms. The number of hydrogen-bond donors (Lipinski definition) is 1. The molecule has 2 aliphatic rings. The van der Waals surface area contributed by atoms with Crippen molar-refractivity contribution < 1.29 is 14.3 Å². The van der Waals surface area contributed by atoms with Crippen LogP contribution in [0.15, 0.2) is 69.5 Å². The Kier molecular flexibility index (Phi) is 6.38. The van der Waals surface area contributed by atoms with Gasteiger partial charge in [-0.15, -0.1) is 0 Å². The van der Waals surface area contributed by atoms with Gasteiger partial charge >= 0.3 is 0 Å². The molecule has 4 rings (SSSR count). The molecule has 0 fully saturated rings. The van der Waals surface area contributed by atoms with Crippen molar-refractivity contribution in [1.82, 2.24) is 5.32 Å². The summed E-state index contributed by atoms with van der Waals surface area (Å²) in [5.41, 5.74) is 4.89. The highest BCUT2D eigenvalue weighted by molar-refractivity contribution is 9.10. The number of halogens is 1. The lowest BCUT2D eigenvalue weighted by atomic mass is 9.72. The molecule has 0 saturated heterocycles. The summed E-state index contributed by atoms with van der Waals surface area (Å²) in [7, 11) is 1.59. The first-order valence-electron chi connectivity index (χ1n) is 10.7. The zero-order valence-electron chi connectivity index (χ0n) is 18.4. The number of Topliss-reactive ketones (excluding diaryl/α,β-unsaturated/α-hetero) is 1. The third-order valence-electron chi connectivity index (χ3n) is 6.09. The number of ether oxygens (including phenoxy) is 2. The fourth-order valence-electron chi connectivity index (χ4n) is 4.67. The number of carbonyl (C=O) groups excluding carboxylic acids is 1. The van der Waals surface area contributed by atoms with Crippen molar-refractivity contribution >= 4 is 21.7 Å². The minimum atomic E-state index is -0.443. The Bertz CT molecular complexity index is 1160. The van der Waals surface area contributed by atoms with E-state index in [2.05, 4.69) is 39.4 Å². The second-order valence-electron chi connectivity index (χ2n) is 8.01. The predicted molar refractivity (Wildman–Crippen MR) is 127 cm³/mol. The van der Waals surface area contributed by atoms with E-state index in [1.165, 1.54) is 0 Å². The van der Waals surface area contributed by atoms with Gasteiger partial charge in [0.2, 0.25) is 0 Å². The van der Waals surface area contributed by atoms with Gasteiger partial charge in [-0.1, -0.05) is 30.3 Å². The van der Waals surface area contributed by atoms with Crippen molar-refractivity contribution in [3.05, 3.63) is 80.6 Å². The van der Waals surface area contributed by atoms with E-state index in [0.717, 1.165) is 33.4 Å². The summed E-state index contributed by atoms with van der Waals surface area (Å²) in [4.78, 5) is 13.5. The predicted octanol–water partition coefficient (Wildman–Crippen LogP) is 5.74. The lowest BCUT2D eigenvalue weighted by Gasteiger charge is -2.36. The van der Waals surface area contributed by atoms with E-state index < -0.39 is 5.92 Å². The Morgan fingerprint density at radius 3 is 2.59 bits per heavy atom. The van der Waals surface area contributed by atoms with Crippen LogP contribution in [-0.4, -0.2) is 19.5 Å². The number of nitrogens with one attached hydrogen (secondary N) is 1. The Balaban J connectivity index is 1.82. The zero-order valence-corrected chi connectivity index (χ0v) is 20.0. The number of nitriles is 1. The largest absolute Gasteiger partial charge is 0.493 e. The first-order valence-corrected chi connectivity index (χ1v) is 11.5. The van der Waals surface area contributed by atoms with Crippen molar-refractivity contribution in [3.8, 4) is 17.6 Å². The highest BCUT2D eigenvalue weighted by Crippen LogP contribution is 2.48. The number of hydrogen-bond acceptors (Lipinski definition) is 5. The molecule has 2 atom stereocenters. The lowest BCUT2D eigenvalue weighted by Crippen LogP contribution is -2.33. The Morgan fingerprint density at radius 2 is 1.94 bits per heavy atom. The number of allylic oxidation sites excluding steroid dienone is 4. The molecule has 0 amide bonds. The molecule has 1 N–H and O–H groups in total. The van der Waals surface area contributed by atoms with Crippen LogP contribution in [0.1, 0.15) is 49.7 Å². The molecule has 2 aromatic carbocycles. The minimum absolute atomic E-state index is 0.0711.